The summed E-state index contributed by atoms with van der Waals surface area (Å²) in [6.07, 6.45) is 1.61. The number of nitrogens with one attached hydrogen (secondary N) is 1. The van der Waals surface area contributed by atoms with Crippen LogP contribution in [0.5, 0.6) is 0 Å². The van der Waals surface area contributed by atoms with Crippen molar-refractivity contribution in [3.05, 3.63) is 23.9 Å². The first kappa shape index (κ1) is 10.6. The van der Waals surface area contributed by atoms with Gasteiger partial charge in [-0.05, 0) is 6.72 Å². The topological polar surface area (TPSA) is 41.5 Å². The van der Waals surface area contributed by atoms with Crippen molar-refractivity contribution < 1.29 is 4.79 Å². The summed E-state index contributed by atoms with van der Waals surface area (Å²) in [7, 11) is 0. The Morgan fingerprint density at radius 3 is 2.50 bits per heavy atom. The van der Waals surface area contributed by atoms with Gasteiger partial charge in [-0.1, -0.05) is 26.5 Å². The SMILES string of the molecule is C=CC1=C(N=C)C(=O)NC1.CC. The van der Waals surface area contributed by atoms with Crippen molar-refractivity contribution in [3.8, 4) is 0 Å². The van der Waals surface area contributed by atoms with Crippen LogP contribution in [0.1, 0.15) is 13.8 Å². The smallest absolute Gasteiger partial charge is 0.270 e. The number of aliphatic imine (C=N–C) groups is 1. The van der Waals surface area contributed by atoms with Crippen LogP contribution in [0.25, 0.3) is 0 Å². The van der Waals surface area contributed by atoms with Crippen molar-refractivity contribution in [2.45, 2.75) is 13.8 Å². The first-order valence-electron chi connectivity index (χ1n) is 3.90. The normalized spacial score (nSPS) is 14.7. The molecule has 0 fully saturated rings. The Morgan fingerprint density at radius 1 is 1.58 bits per heavy atom. The number of rotatable bonds is 2. The molecule has 0 radical (unpaired) electrons. The van der Waals surface area contributed by atoms with Gasteiger partial charge in [0.2, 0.25) is 0 Å². The van der Waals surface area contributed by atoms with Gasteiger partial charge in [0.25, 0.3) is 5.91 Å². The second kappa shape index (κ2) is 5.29. The minimum absolute atomic E-state index is 0.162. The molecule has 0 atom stereocenters. The number of amides is 1. The predicted octanol–water partition coefficient (Wildman–Crippen LogP) is 1.28. The van der Waals surface area contributed by atoms with Gasteiger partial charge in [-0.2, -0.15) is 0 Å². The number of hydrogen-bond donors (Lipinski definition) is 1. The highest BCUT2D eigenvalue weighted by molar-refractivity contribution is 5.97. The van der Waals surface area contributed by atoms with Crippen LogP contribution in [0.3, 0.4) is 0 Å². The molecule has 0 saturated carbocycles. The van der Waals surface area contributed by atoms with E-state index < -0.39 is 0 Å². The molecule has 0 aliphatic carbocycles. The second-order valence-corrected chi connectivity index (χ2v) is 1.92. The summed E-state index contributed by atoms with van der Waals surface area (Å²) >= 11 is 0. The van der Waals surface area contributed by atoms with Crippen LogP contribution < -0.4 is 5.32 Å². The highest BCUT2D eigenvalue weighted by Gasteiger charge is 2.18. The van der Waals surface area contributed by atoms with Crippen molar-refractivity contribution in [3.63, 3.8) is 0 Å². The molecule has 1 amide bonds. The van der Waals surface area contributed by atoms with Gasteiger partial charge in [0.15, 0.2) is 0 Å². The average Bonchev–Trinajstić information content (AvgIpc) is 2.49. The van der Waals surface area contributed by atoms with E-state index in [9.17, 15) is 4.79 Å². The summed E-state index contributed by atoms with van der Waals surface area (Å²) in [5.41, 5.74) is 1.22. The van der Waals surface area contributed by atoms with Crippen LogP contribution in [0.2, 0.25) is 0 Å². The summed E-state index contributed by atoms with van der Waals surface area (Å²) in [5, 5.41) is 2.60. The Kier molecular flexibility index (Phi) is 4.69. The second-order valence-electron chi connectivity index (χ2n) is 1.92. The Hall–Kier alpha value is -1.38. The first-order chi connectivity index (χ1) is 5.79. The molecule has 1 heterocycles. The molecule has 3 heteroatoms. The maximum atomic E-state index is 10.8. The van der Waals surface area contributed by atoms with Crippen molar-refractivity contribution in [1.29, 1.82) is 0 Å². The Morgan fingerprint density at radius 2 is 2.17 bits per heavy atom. The highest BCUT2D eigenvalue weighted by atomic mass is 16.2. The third kappa shape index (κ3) is 2.05. The lowest BCUT2D eigenvalue weighted by molar-refractivity contribution is -0.116. The van der Waals surface area contributed by atoms with Crippen LogP contribution >= 0.6 is 0 Å². The molecule has 0 aromatic carbocycles. The van der Waals surface area contributed by atoms with Gasteiger partial charge in [0.1, 0.15) is 5.70 Å². The number of carbonyl (C=O) groups is 1. The molecule has 1 N–H and O–H groups in total. The quantitative estimate of drug-likeness (QED) is 0.617. The molecule has 3 nitrogen and oxygen atoms in total. The summed E-state index contributed by atoms with van der Waals surface area (Å²) in [6.45, 7) is 11.3. The molecular weight excluding hydrogens is 152 g/mol. The van der Waals surface area contributed by atoms with Gasteiger partial charge in [0, 0.05) is 12.1 Å². The summed E-state index contributed by atoms with van der Waals surface area (Å²) in [4.78, 5) is 14.4. The van der Waals surface area contributed by atoms with E-state index >= 15 is 0 Å². The molecule has 0 aromatic rings. The van der Waals surface area contributed by atoms with E-state index in [-0.39, 0.29) is 5.91 Å². The minimum atomic E-state index is -0.162. The minimum Gasteiger partial charge on any atom is -0.347 e. The van der Waals surface area contributed by atoms with Gasteiger partial charge < -0.3 is 5.32 Å². The van der Waals surface area contributed by atoms with Crippen LogP contribution in [-0.2, 0) is 4.79 Å². The largest absolute Gasteiger partial charge is 0.347 e. The predicted molar refractivity (Wildman–Crippen MR) is 51.1 cm³/mol. The fraction of sp³-hybridized carbons (Fsp3) is 0.333. The number of nitrogens with zero attached hydrogens (tertiary/aromatic N) is 1. The van der Waals surface area contributed by atoms with E-state index in [2.05, 4.69) is 23.6 Å². The summed E-state index contributed by atoms with van der Waals surface area (Å²) in [6, 6.07) is 0. The standard InChI is InChI=1S/C7H8N2O.C2H6/c1-3-5-4-9-7(10)6(5)8-2;1-2/h3H,1-2,4H2,(H,9,10);1-2H3. The van der Waals surface area contributed by atoms with E-state index in [0.717, 1.165) is 5.57 Å². The van der Waals surface area contributed by atoms with Crippen LogP contribution in [0.15, 0.2) is 28.9 Å². The van der Waals surface area contributed by atoms with E-state index in [1.165, 1.54) is 0 Å². The molecule has 0 unspecified atom stereocenters. The Labute approximate surface area is 72.9 Å². The van der Waals surface area contributed by atoms with Crippen LogP contribution in [0.4, 0.5) is 0 Å². The first-order valence-corrected chi connectivity index (χ1v) is 3.90. The van der Waals surface area contributed by atoms with E-state index in [4.69, 9.17) is 0 Å². The third-order valence-electron chi connectivity index (χ3n) is 1.36. The Bertz CT molecular complexity index is 229. The molecule has 0 spiro atoms. The zero-order valence-corrected chi connectivity index (χ0v) is 7.55. The van der Waals surface area contributed by atoms with Gasteiger partial charge in [0.05, 0.1) is 0 Å². The highest BCUT2D eigenvalue weighted by Crippen LogP contribution is 2.11. The Balaban J connectivity index is 0.000000561. The number of carbonyl (C=O) groups excluding carboxylic acids is 1. The zero-order valence-electron chi connectivity index (χ0n) is 7.55. The fourth-order valence-corrected chi connectivity index (χ4v) is 0.831. The molecule has 0 aromatic heterocycles. The van der Waals surface area contributed by atoms with Gasteiger partial charge in [-0.25, -0.2) is 0 Å². The molecule has 1 aliphatic rings. The van der Waals surface area contributed by atoms with Crippen LogP contribution in [-0.4, -0.2) is 19.2 Å². The molecule has 66 valence electrons. The third-order valence-corrected chi connectivity index (χ3v) is 1.36. The molecular formula is C9H14N2O. The maximum absolute atomic E-state index is 10.8. The van der Waals surface area contributed by atoms with Crippen molar-refractivity contribution in [1.82, 2.24) is 5.32 Å². The molecule has 0 bridgehead atoms. The molecule has 1 aliphatic heterocycles. The summed E-state index contributed by atoms with van der Waals surface area (Å²) < 4.78 is 0. The van der Waals surface area contributed by atoms with E-state index in [1.54, 1.807) is 6.08 Å². The van der Waals surface area contributed by atoms with Crippen molar-refractivity contribution in [2.75, 3.05) is 6.54 Å². The van der Waals surface area contributed by atoms with Gasteiger partial charge in [-0.3, -0.25) is 9.79 Å². The van der Waals surface area contributed by atoms with Gasteiger partial charge >= 0.3 is 0 Å². The van der Waals surface area contributed by atoms with E-state index in [0.29, 0.717) is 12.2 Å². The molecule has 1 rings (SSSR count). The summed E-state index contributed by atoms with van der Waals surface area (Å²) in [5.74, 6) is -0.162. The zero-order chi connectivity index (χ0) is 9.56. The molecule has 0 saturated heterocycles. The monoisotopic (exact) mass is 166 g/mol. The molecule has 12 heavy (non-hydrogen) atoms. The average molecular weight is 166 g/mol. The lowest BCUT2D eigenvalue weighted by Crippen LogP contribution is -2.16. The fourth-order valence-electron chi connectivity index (χ4n) is 0.831. The van der Waals surface area contributed by atoms with Crippen LogP contribution in [0, 0.1) is 0 Å². The van der Waals surface area contributed by atoms with Crippen molar-refractivity contribution >= 4 is 12.6 Å². The lowest BCUT2D eigenvalue weighted by Gasteiger charge is -1.87. The van der Waals surface area contributed by atoms with Gasteiger partial charge in [-0.15, -0.1) is 0 Å². The van der Waals surface area contributed by atoms with E-state index in [1.807, 2.05) is 13.8 Å². The number of hydrogen-bond acceptors (Lipinski definition) is 2. The van der Waals surface area contributed by atoms with Crippen molar-refractivity contribution in [2.24, 2.45) is 4.99 Å². The maximum Gasteiger partial charge on any atom is 0.270 e. The lowest BCUT2D eigenvalue weighted by atomic mass is 10.2.